The van der Waals surface area contributed by atoms with Gasteiger partial charge in [-0.15, -0.1) is 0 Å². The van der Waals surface area contributed by atoms with Crippen molar-refractivity contribution in [3.05, 3.63) is 57.9 Å². The number of benzene rings is 1. The Morgan fingerprint density at radius 3 is 2.38 bits per heavy atom. The van der Waals surface area contributed by atoms with Crippen molar-refractivity contribution in [3.63, 3.8) is 0 Å². The Hall–Kier alpha value is -2.78. The van der Waals surface area contributed by atoms with Gasteiger partial charge in [0, 0.05) is 0 Å². The van der Waals surface area contributed by atoms with Gasteiger partial charge in [-0.1, -0.05) is 23.7 Å². The van der Waals surface area contributed by atoms with Crippen LogP contribution < -0.4 is 4.84 Å². The average Bonchev–Trinajstić information content (AvgIpc) is 3.00. The number of hydrogen-bond donors (Lipinski definition) is 0. The first kappa shape index (κ1) is 16.1. The summed E-state index contributed by atoms with van der Waals surface area (Å²) in [5.74, 6) is -0.677. The molecule has 3 rings (SSSR count). The fourth-order valence-corrected chi connectivity index (χ4v) is 2.85. The van der Waals surface area contributed by atoms with Crippen molar-refractivity contribution < 1.29 is 14.4 Å². The van der Waals surface area contributed by atoms with E-state index in [4.69, 9.17) is 21.7 Å². The van der Waals surface area contributed by atoms with Crippen LogP contribution in [0.5, 0.6) is 0 Å². The molecule has 0 saturated heterocycles. The van der Waals surface area contributed by atoms with E-state index in [1.807, 2.05) is 6.07 Å². The molecule has 0 saturated carbocycles. The maximum Gasteiger partial charge on any atom is 0.261 e. The summed E-state index contributed by atoms with van der Waals surface area (Å²) in [6.45, 7) is 3.48. The first-order valence-corrected chi connectivity index (χ1v) is 7.71. The van der Waals surface area contributed by atoms with Crippen LogP contribution in [0, 0.1) is 18.3 Å². The van der Waals surface area contributed by atoms with E-state index >= 15 is 0 Å². The smallest absolute Gasteiger partial charge is 0.261 e. The third kappa shape index (κ3) is 2.43. The summed E-state index contributed by atoms with van der Waals surface area (Å²) >= 11 is 5.99. The second-order valence-electron chi connectivity index (χ2n) is 5.54. The summed E-state index contributed by atoms with van der Waals surface area (Å²) in [5, 5.41) is 9.52. The van der Waals surface area contributed by atoms with Crippen LogP contribution in [0.15, 0.2) is 30.3 Å². The molecule has 24 heavy (non-hydrogen) atoms. The Labute approximate surface area is 143 Å². The number of amides is 2. The molecule has 1 aliphatic heterocycles. The molecule has 7 heteroatoms. The summed E-state index contributed by atoms with van der Waals surface area (Å²) < 4.78 is 1.32. The molecule has 0 N–H and O–H groups in total. The summed E-state index contributed by atoms with van der Waals surface area (Å²) in [4.78, 5) is 31.6. The van der Waals surface area contributed by atoms with E-state index in [0.29, 0.717) is 21.8 Å². The predicted octanol–water partition coefficient (Wildman–Crippen LogP) is 2.43. The highest BCUT2D eigenvalue weighted by atomic mass is 35.5. The van der Waals surface area contributed by atoms with E-state index in [0.717, 1.165) is 0 Å². The number of carbonyl (C=O) groups is 2. The molecule has 122 valence electrons. The zero-order chi connectivity index (χ0) is 17.4. The molecule has 2 heterocycles. The highest BCUT2D eigenvalue weighted by Gasteiger charge is 2.38. The lowest BCUT2D eigenvalue weighted by atomic mass is 10.1. The molecule has 2 amide bonds. The van der Waals surface area contributed by atoms with Gasteiger partial charge in [-0.05, 0) is 32.0 Å². The van der Waals surface area contributed by atoms with Crippen LogP contribution in [0.2, 0.25) is 5.02 Å². The topological polar surface area (TPSA) is 75.3 Å². The van der Waals surface area contributed by atoms with Crippen molar-refractivity contribution in [2.75, 3.05) is 6.61 Å². The normalized spacial score (nSPS) is 14.5. The van der Waals surface area contributed by atoms with Gasteiger partial charge in [0.2, 0.25) is 0 Å². The highest BCUT2D eigenvalue weighted by Crippen LogP contribution is 2.24. The summed E-state index contributed by atoms with van der Waals surface area (Å²) in [6.07, 6.45) is 0. The maximum absolute atomic E-state index is 12.4. The monoisotopic (exact) mass is 343 g/mol. The minimum Gasteiger partial charge on any atom is -0.411 e. The molecule has 0 radical (unpaired) electrons. The van der Waals surface area contributed by atoms with Crippen LogP contribution in [0.25, 0.3) is 0 Å². The standard InChI is InChI=1S/C17H14ClN3O3/c1-10(9-24-21-11(2)15(18)7-12(21)8-19)20-16(22)13-5-3-4-6-14(13)17(20)23/h3-7,10H,9H2,1-2H3/t10-/m1/s1. The lowest BCUT2D eigenvalue weighted by molar-refractivity contribution is 0.0374. The fourth-order valence-electron chi connectivity index (χ4n) is 2.67. The lowest BCUT2D eigenvalue weighted by Crippen LogP contribution is -2.42. The number of carbonyl (C=O) groups excluding carboxylic acids is 2. The van der Waals surface area contributed by atoms with Crippen molar-refractivity contribution in [1.82, 2.24) is 9.63 Å². The Balaban J connectivity index is 1.78. The molecule has 0 spiro atoms. The van der Waals surface area contributed by atoms with Crippen molar-refractivity contribution in [2.24, 2.45) is 0 Å². The van der Waals surface area contributed by atoms with Crippen LogP contribution in [-0.2, 0) is 0 Å². The first-order valence-electron chi connectivity index (χ1n) is 7.34. The molecule has 0 bridgehead atoms. The van der Waals surface area contributed by atoms with Gasteiger partial charge in [0.1, 0.15) is 12.7 Å². The molecule has 0 fully saturated rings. The molecule has 1 aromatic carbocycles. The van der Waals surface area contributed by atoms with Gasteiger partial charge in [-0.3, -0.25) is 14.5 Å². The Morgan fingerprint density at radius 2 is 1.83 bits per heavy atom. The van der Waals surface area contributed by atoms with Gasteiger partial charge < -0.3 is 4.84 Å². The molecule has 0 aliphatic carbocycles. The number of rotatable bonds is 4. The number of nitriles is 1. The lowest BCUT2D eigenvalue weighted by Gasteiger charge is -2.23. The van der Waals surface area contributed by atoms with Crippen LogP contribution in [0.4, 0.5) is 0 Å². The summed E-state index contributed by atoms with van der Waals surface area (Å²) in [7, 11) is 0. The minimum absolute atomic E-state index is 0.0476. The van der Waals surface area contributed by atoms with E-state index < -0.39 is 6.04 Å². The van der Waals surface area contributed by atoms with Gasteiger partial charge in [-0.25, -0.2) is 0 Å². The third-order valence-corrected chi connectivity index (χ3v) is 4.34. The van der Waals surface area contributed by atoms with E-state index in [9.17, 15) is 9.59 Å². The Bertz CT molecular complexity index is 847. The summed E-state index contributed by atoms with van der Waals surface area (Å²) in [5.41, 5.74) is 1.63. The molecule has 2 aromatic rings. The van der Waals surface area contributed by atoms with Gasteiger partial charge in [0.05, 0.1) is 27.9 Å². The molecule has 1 aromatic heterocycles. The molecule has 0 unspecified atom stereocenters. The van der Waals surface area contributed by atoms with Crippen molar-refractivity contribution in [3.8, 4) is 6.07 Å². The molecule has 6 nitrogen and oxygen atoms in total. The zero-order valence-electron chi connectivity index (χ0n) is 13.1. The van der Waals surface area contributed by atoms with Crippen LogP contribution in [0.3, 0.4) is 0 Å². The van der Waals surface area contributed by atoms with Crippen LogP contribution in [0.1, 0.15) is 39.0 Å². The fraction of sp³-hybridized carbons (Fsp3) is 0.235. The Morgan fingerprint density at radius 1 is 1.25 bits per heavy atom. The number of fused-ring (bicyclic) bond motifs is 1. The largest absolute Gasteiger partial charge is 0.411 e. The van der Waals surface area contributed by atoms with Crippen molar-refractivity contribution >= 4 is 23.4 Å². The van der Waals surface area contributed by atoms with Crippen LogP contribution in [-0.4, -0.2) is 34.1 Å². The van der Waals surface area contributed by atoms with Gasteiger partial charge in [0.25, 0.3) is 11.8 Å². The summed E-state index contributed by atoms with van der Waals surface area (Å²) in [6, 6.07) is 9.70. The SMILES string of the molecule is Cc1c(Cl)cc(C#N)n1OC[C@@H](C)N1C(=O)c2ccccc2C1=O. The van der Waals surface area contributed by atoms with Gasteiger partial charge in [-0.2, -0.15) is 9.99 Å². The average molecular weight is 344 g/mol. The molecular weight excluding hydrogens is 330 g/mol. The maximum atomic E-state index is 12.4. The first-order chi connectivity index (χ1) is 11.5. The second-order valence-corrected chi connectivity index (χ2v) is 5.95. The van der Waals surface area contributed by atoms with E-state index in [1.54, 1.807) is 38.1 Å². The zero-order valence-corrected chi connectivity index (χ0v) is 13.9. The Kier molecular flexibility index (Phi) is 4.04. The van der Waals surface area contributed by atoms with E-state index in [-0.39, 0.29) is 24.1 Å². The van der Waals surface area contributed by atoms with Crippen molar-refractivity contribution in [2.45, 2.75) is 19.9 Å². The van der Waals surface area contributed by atoms with Gasteiger partial charge >= 0.3 is 0 Å². The predicted molar refractivity (Wildman–Crippen MR) is 86.7 cm³/mol. The quantitative estimate of drug-likeness (QED) is 0.799. The number of hydrogen-bond acceptors (Lipinski definition) is 4. The number of imide groups is 1. The van der Waals surface area contributed by atoms with Gasteiger partial charge in [0.15, 0.2) is 5.69 Å². The highest BCUT2D eigenvalue weighted by molar-refractivity contribution is 6.31. The third-order valence-electron chi connectivity index (χ3n) is 3.96. The minimum atomic E-state index is -0.496. The van der Waals surface area contributed by atoms with E-state index in [1.165, 1.54) is 15.7 Å². The number of aromatic nitrogens is 1. The molecule has 1 atom stereocenters. The molecular formula is C17H14ClN3O3. The second kappa shape index (κ2) is 6.02. The van der Waals surface area contributed by atoms with Crippen LogP contribution >= 0.6 is 11.6 Å². The molecule has 1 aliphatic rings. The van der Waals surface area contributed by atoms with Crippen molar-refractivity contribution in [1.29, 1.82) is 5.26 Å². The number of halogens is 1. The van der Waals surface area contributed by atoms with E-state index in [2.05, 4.69) is 0 Å². The number of nitrogens with zero attached hydrogens (tertiary/aromatic N) is 3.